The van der Waals surface area contributed by atoms with E-state index in [4.69, 9.17) is 4.74 Å². The van der Waals surface area contributed by atoms with Crippen molar-refractivity contribution < 1.29 is 17.9 Å². The molecule has 3 fully saturated rings. The Morgan fingerprint density at radius 3 is 2.36 bits per heavy atom. The highest BCUT2D eigenvalue weighted by atomic mass is 32.2. The van der Waals surface area contributed by atoms with Crippen LogP contribution in [0.4, 0.5) is 4.79 Å². The molecule has 2 aromatic rings. The molecule has 5 rings (SSSR count). The Hall–Kier alpha value is -2.17. The van der Waals surface area contributed by atoms with Crippen LogP contribution in [0, 0.1) is 6.92 Å². The molecular weight excluding hydrogens is 442 g/mol. The Morgan fingerprint density at radius 2 is 1.70 bits per heavy atom. The number of hydrogen-bond acceptors (Lipinski definition) is 5. The largest absolute Gasteiger partial charge is 0.372 e. The summed E-state index contributed by atoms with van der Waals surface area (Å²) in [7, 11) is -3.41. The molecule has 0 saturated carbocycles. The number of aromatic nitrogens is 2. The molecule has 0 spiro atoms. The third kappa shape index (κ3) is 4.24. The van der Waals surface area contributed by atoms with Gasteiger partial charge in [-0.05, 0) is 57.2 Å². The van der Waals surface area contributed by atoms with Gasteiger partial charge in [0.15, 0.2) is 0 Å². The Kier molecular flexibility index (Phi) is 5.86. The van der Waals surface area contributed by atoms with Gasteiger partial charge in [-0.25, -0.2) is 22.5 Å². The van der Waals surface area contributed by atoms with Crippen LogP contribution in [0.2, 0.25) is 0 Å². The van der Waals surface area contributed by atoms with Gasteiger partial charge in [0.05, 0.1) is 12.2 Å². The number of pyridine rings is 1. The van der Waals surface area contributed by atoms with E-state index in [2.05, 4.69) is 16.0 Å². The first-order valence-electron chi connectivity index (χ1n) is 11.8. The molecule has 0 aliphatic carbocycles. The van der Waals surface area contributed by atoms with Gasteiger partial charge in [-0.1, -0.05) is 0 Å². The number of amides is 2. The zero-order valence-corrected chi connectivity index (χ0v) is 20.3. The molecule has 33 heavy (non-hydrogen) atoms. The van der Waals surface area contributed by atoms with Crippen molar-refractivity contribution in [1.82, 2.24) is 24.1 Å². The van der Waals surface area contributed by atoms with Crippen molar-refractivity contribution in [3.63, 3.8) is 0 Å². The molecule has 0 unspecified atom stereocenters. The number of fused-ring (bicyclic) bond motifs is 1. The topological polar surface area (TPSA) is 98.8 Å². The fourth-order valence-corrected chi connectivity index (χ4v) is 7.29. The van der Waals surface area contributed by atoms with E-state index < -0.39 is 15.3 Å². The summed E-state index contributed by atoms with van der Waals surface area (Å²) in [6.07, 6.45) is 3.60. The Balaban J connectivity index is 1.17. The highest BCUT2D eigenvalue weighted by Gasteiger charge is 2.45. The monoisotopic (exact) mass is 475 g/mol. The molecule has 10 heteroatoms. The SMILES string of the molecule is Cc1ccc2c(C3CCN(S(=O)(=O)C4CN(C(=O)N5C[C@@H](C)O[C@@H](C)C5)C4)CC3)c[nH]c2n1. The normalized spacial score (nSPS) is 26.0. The number of morpholine rings is 1. The summed E-state index contributed by atoms with van der Waals surface area (Å²) in [4.78, 5) is 24.0. The second-order valence-electron chi connectivity index (χ2n) is 9.78. The number of hydrogen-bond donors (Lipinski definition) is 1. The van der Waals surface area contributed by atoms with Crippen LogP contribution in [0.3, 0.4) is 0 Å². The first-order valence-corrected chi connectivity index (χ1v) is 13.4. The lowest BCUT2D eigenvalue weighted by molar-refractivity contribution is -0.0597. The molecule has 180 valence electrons. The number of nitrogens with zero attached hydrogens (tertiary/aromatic N) is 4. The van der Waals surface area contributed by atoms with E-state index in [1.54, 1.807) is 14.1 Å². The van der Waals surface area contributed by atoms with E-state index in [1.807, 2.05) is 33.0 Å². The van der Waals surface area contributed by atoms with Crippen LogP contribution >= 0.6 is 0 Å². The second kappa shape index (κ2) is 8.56. The third-order valence-electron chi connectivity index (χ3n) is 7.19. The highest BCUT2D eigenvalue weighted by molar-refractivity contribution is 7.89. The van der Waals surface area contributed by atoms with E-state index in [0.717, 1.165) is 29.6 Å². The van der Waals surface area contributed by atoms with Crippen LogP contribution in [-0.2, 0) is 14.8 Å². The van der Waals surface area contributed by atoms with E-state index in [-0.39, 0.29) is 31.3 Å². The predicted octanol–water partition coefficient (Wildman–Crippen LogP) is 2.29. The zero-order chi connectivity index (χ0) is 23.3. The fraction of sp³-hybridized carbons (Fsp3) is 0.652. The van der Waals surface area contributed by atoms with Crippen LogP contribution in [0.15, 0.2) is 18.3 Å². The van der Waals surface area contributed by atoms with Gasteiger partial charge >= 0.3 is 6.03 Å². The Morgan fingerprint density at radius 1 is 1.06 bits per heavy atom. The molecule has 0 bridgehead atoms. The van der Waals surface area contributed by atoms with Crippen molar-refractivity contribution in [2.24, 2.45) is 0 Å². The van der Waals surface area contributed by atoms with Crippen LogP contribution in [-0.4, -0.2) is 95.2 Å². The number of aromatic amines is 1. The summed E-state index contributed by atoms with van der Waals surface area (Å²) in [6, 6.07) is 4.04. The third-order valence-corrected chi connectivity index (χ3v) is 9.42. The van der Waals surface area contributed by atoms with Crippen LogP contribution in [0.5, 0.6) is 0 Å². The number of rotatable bonds is 3. The second-order valence-corrected chi connectivity index (χ2v) is 12.0. The number of nitrogens with one attached hydrogen (secondary N) is 1. The minimum Gasteiger partial charge on any atom is -0.372 e. The average Bonchev–Trinajstić information content (AvgIpc) is 3.14. The molecule has 2 atom stereocenters. The van der Waals surface area contributed by atoms with Crippen LogP contribution in [0.25, 0.3) is 11.0 Å². The molecule has 1 N–H and O–H groups in total. The van der Waals surface area contributed by atoms with Gasteiger partial charge in [-0.2, -0.15) is 0 Å². The number of aryl methyl sites for hydroxylation is 1. The maximum absolute atomic E-state index is 13.2. The number of sulfonamides is 1. The van der Waals surface area contributed by atoms with Crippen molar-refractivity contribution in [2.45, 2.75) is 57.0 Å². The van der Waals surface area contributed by atoms with Gasteiger partial charge < -0.3 is 19.5 Å². The van der Waals surface area contributed by atoms with Crippen molar-refractivity contribution in [2.75, 3.05) is 39.3 Å². The maximum atomic E-state index is 13.2. The first kappa shape index (κ1) is 22.6. The Labute approximate surface area is 195 Å². The highest BCUT2D eigenvalue weighted by Crippen LogP contribution is 2.35. The minimum absolute atomic E-state index is 0.00301. The molecule has 3 aliphatic heterocycles. The fourth-order valence-electron chi connectivity index (χ4n) is 5.41. The molecule has 3 aliphatic rings. The summed E-state index contributed by atoms with van der Waals surface area (Å²) in [5, 5.41) is 0.621. The summed E-state index contributed by atoms with van der Waals surface area (Å²) in [5.74, 6) is 0.319. The van der Waals surface area contributed by atoms with E-state index >= 15 is 0 Å². The summed E-state index contributed by atoms with van der Waals surface area (Å²) >= 11 is 0. The quantitative estimate of drug-likeness (QED) is 0.734. The number of H-pyrrole nitrogens is 1. The molecular formula is C23H33N5O4S. The van der Waals surface area contributed by atoms with Gasteiger partial charge in [0.25, 0.3) is 0 Å². The zero-order valence-electron chi connectivity index (χ0n) is 19.5. The lowest BCUT2D eigenvalue weighted by Crippen LogP contribution is -2.64. The van der Waals surface area contributed by atoms with Crippen molar-refractivity contribution in [3.8, 4) is 0 Å². The Bertz CT molecular complexity index is 1120. The van der Waals surface area contributed by atoms with Crippen molar-refractivity contribution >= 4 is 27.1 Å². The minimum atomic E-state index is -3.41. The standard InChI is InChI=1S/C23H33N5O4S/c1-15-4-5-20-21(10-24-22(20)25-15)18-6-8-28(9-7-18)33(30,31)19-13-27(14-19)23(29)26-11-16(2)32-17(3)12-26/h4-5,10,16-19H,6-9,11-14H2,1-3H3,(H,24,25)/t16-,17+. The number of urea groups is 1. The van der Waals surface area contributed by atoms with Gasteiger partial charge in [-0.3, -0.25) is 0 Å². The molecule has 0 aromatic carbocycles. The van der Waals surface area contributed by atoms with Crippen molar-refractivity contribution in [3.05, 3.63) is 29.6 Å². The smallest absolute Gasteiger partial charge is 0.320 e. The number of likely N-dealkylation sites (tertiary alicyclic amines) is 1. The molecule has 0 radical (unpaired) electrons. The molecule has 2 aromatic heterocycles. The van der Waals surface area contributed by atoms with E-state index in [1.165, 1.54) is 5.56 Å². The van der Waals surface area contributed by atoms with Gasteiger partial charge in [0.1, 0.15) is 10.9 Å². The van der Waals surface area contributed by atoms with Crippen molar-refractivity contribution in [1.29, 1.82) is 0 Å². The number of carbonyl (C=O) groups excluding carboxylic acids is 1. The summed E-state index contributed by atoms with van der Waals surface area (Å²) in [6.45, 7) is 8.56. The van der Waals surface area contributed by atoms with Crippen LogP contribution in [0.1, 0.15) is 43.9 Å². The first-order chi connectivity index (χ1) is 15.7. The summed E-state index contributed by atoms with van der Waals surface area (Å²) < 4.78 is 33.7. The van der Waals surface area contributed by atoms with Gasteiger partial charge in [0, 0.05) is 56.5 Å². The molecule has 5 heterocycles. The van der Waals surface area contributed by atoms with E-state index in [9.17, 15) is 13.2 Å². The predicted molar refractivity (Wildman–Crippen MR) is 126 cm³/mol. The average molecular weight is 476 g/mol. The number of ether oxygens (including phenoxy) is 1. The molecule has 3 saturated heterocycles. The van der Waals surface area contributed by atoms with E-state index in [0.29, 0.717) is 32.1 Å². The lowest BCUT2D eigenvalue weighted by atomic mass is 9.90. The lowest BCUT2D eigenvalue weighted by Gasteiger charge is -2.45. The van der Waals surface area contributed by atoms with Gasteiger partial charge in [0.2, 0.25) is 10.0 Å². The molecule has 2 amide bonds. The number of piperidine rings is 1. The van der Waals surface area contributed by atoms with Crippen LogP contribution < -0.4 is 0 Å². The summed E-state index contributed by atoms with van der Waals surface area (Å²) in [5.41, 5.74) is 3.09. The maximum Gasteiger partial charge on any atom is 0.320 e. The number of carbonyl (C=O) groups is 1. The molecule has 9 nitrogen and oxygen atoms in total. The van der Waals surface area contributed by atoms with Gasteiger partial charge in [-0.15, -0.1) is 0 Å².